The highest BCUT2D eigenvalue weighted by atomic mass is 32.1. The molecule has 0 N–H and O–H groups in total. The van der Waals surface area contributed by atoms with Crippen molar-refractivity contribution in [2.75, 3.05) is 19.6 Å². The second kappa shape index (κ2) is 7.98. The third-order valence-electron chi connectivity index (χ3n) is 4.79. The SMILES string of the molecule is c1ccc2sc(Oc3ccc(CCCN4CCCCC4)cc3)nc2c1. The van der Waals surface area contributed by atoms with Crippen LogP contribution in [0.25, 0.3) is 10.2 Å². The first-order valence-corrected chi connectivity index (χ1v) is 10.0. The van der Waals surface area contributed by atoms with Crippen molar-refractivity contribution in [1.29, 1.82) is 0 Å². The van der Waals surface area contributed by atoms with E-state index in [2.05, 4.69) is 40.2 Å². The zero-order valence-corrected chi connectivity index (χ0v) is 15.3. The van der Waals surface area contributed by atoms with Gasteiger partial charge in [-0.15, -0.1) is 0 Å². The number of benzene rings is 2. The van der Waals surface area contributed by atoms with Crippen LogP contribution in [0.15, 0.2) is 48.5 Å². The largest absolute Gasteiger partial charge is 0.431 e. The fourth-order valence-electron chi connectivity index (χ4n) is 3.41. The van der Waals surface area contributed by atoms with Crippen molar-refractivity contribution in [3.63, 3.8) is 0 Å². The number of hydrogen-bond acceptors (Lipinski definition) is 4. The number of piperidine rings is 1. The van der Waals surface area contributed by atoms with E-state index in [1.54, 1.807) is 11.3 Å². The van der Waals surface area contributed by atoms with Gasteiger partial charge < -0.3 is 9.64 Å². The maximum Gasteiger partial charge on any atom is 0.279 e. The average molecular weight is 353 g/mol. The van der Waals surface area contributed by atoms with Gasteiger partial charge in [0.15, 0.2) is 0 Å². The number of likely N-dealkylation sites (tertiary alicyclic amines) is 1. The Hall–Kier alpha value is -1.91. The number of para-hydroxylation sites is 1. The first kappa shape index (κ1) is 16.6. The molecule has 1 aromatic heterocycles. The van der Waals surface area contributed by atoms with Crippen LogP contribution in [0.5, 0.6) is 10.9 Å². The van der Waals surface area contributed by atoms with Gasteiger partial charge in [0.25, 0.3) is 5.19 Å². The quantitative estimate of drug-likeness (QED) is 0.585. The predicted molar refractivity (Wildman–Crippen MR) is 105 cm³/mol. The maximum absolute atomic E-state index is 5.92. The molecule has 4 rings (SSSR count). The summed E-state index contributed by atoms with van der Waals surface area (Å²) in [6.45, 7) is 3.80. The van der Waals surface area contributed by atoms with Gasteiger partial charge in [-0.05, 0) is 75.1 Å². The van der Waals surface area contributed by atoms with Gasteiger partial charge in [-0.2, -0.15) is 0 Å². The van der Waals surface area contributed by atoms with E-state index in [1.807, 2.05) is 18.2 Å². The molecule has 4 heteroatoms. The smallest absolute Gasteiger partial charge is 0.279 e. The van der Waals surface area contributed by atoms with E-state index in [0.717, 1.165) is 22.4 Å². The minimum absolute atomic E-state index is 0.707. The minimum Gasteiger partial charge on any atom is -0.431 e. The van der Waals surface area contributed by atoms with Gasteiger partial charge in [-0.25, -0.2) is 4.98 Å². The maximum atomic E-state index is 5.92. The van der Waals surface area contributed by atoms with Crippen LogP contribution in [0.1, 0.15) is 31.2 Å². The molecule has 25 heavy (non-hydrogen) atoms. The summed E-state index contributed by atoms with van der Waals surface area (Å²) in [5, 5.41) is 0.707. The highest BCUT2D eigenvalue weighted by Crippen LogP contribution is 2.31. The molecule has 0 atom stereocenters. The Kier molecular flexibility index (Phi) is 5.28. The molecule has 0 bridgehead atoms. The molecule has 3 aromatic rings. The number of nitrogens with zero attached hydrogens (tertiary/aromatic N) is 2. The topological polar surface area (TPSA) is 25.4 Å². The molecule has 0 saturated carbocycles. The number of thiazole rings is 1. The molecule has 0 spiro atoms. The van der Waals surface area contributed by atoms with Crippen LogP contribution in [-0.4, -0.2) is 29.5 Å². The third kappa shape index (κ3) is 4.39. The lowest BCUT2D eigenvalue weighted by Gasteiger charge is -2.26. The molecule has 0 radical (unpaired) electrons. The van der Waals surface area contributed by atoms with E-state index in [-0.39, 0.29) is 0 Å². The molecule has 1 aliphatic rings. The lowest BCUT2D eigenvalue weighted by atomic mass is 10.1. The van der Waals surface area contributed by atoms with Gasteiger partial charge in [0.1, 0.15) is 5.75 Å². The van der Waals surface area contributed by atoms with Gasteiger partial charge in [0, 0.05) is 0 Å². The summed E-state index contributed by atoms with van der Waals surface area (Å²) in [6, 6.07) is 16.6. The third-order valence-corrected chi connectivity index (χ3v) is 5.71. The lowest BCUT2D eigenvalue weighted by Crippen LogP contribution is -2.30. The molecule has 0 unspecified atom stereocenters. The van der Waals surface area contributed by atoms with Gasteiger partial charge >= 0.3 is 0 Å². The molecule has 1 saturated heterocycles. The Morgan fingerprint density at radius 2 is 1.76 bits per heavy atom. The lowest BCUT2D eigenvalue weighted by molar-refractivity contribution is 0.226. The van der Waals surface area contributed by atoms with Gasteiger partial charge in [0.05, 0.1) is 10.2 Å². The molecule has 1 fully saturated rings. The van der Waals surface area contributed by atoms with E-state index in [0.29, 0.717) is 5.19 Å². The highest BCUT2D eigenvalue weighted by molar-refractivity contribution is 7.20. The van der Waals surface area contributed by atoms with Gasteiger partial charge in [-0.1, -0.05) is 42.0 Å². The summed E-state index contributed by atoms with van der Waals surface area (Å²) in [7, 11) is 0. The zero-order valence-electron chi connectivity index (χ0n) is 14.5. The number of fused-ring (bicyclic) bond motifs is 1. The molecule has 0 amide bonds. The Labute approximate surface area is 153 Å². The fraction of sp³-hybridized carbons (Fsp3) is 0.381. The van der Waals surface area contributed by atoms with Gasteiger partial charge in [-0.3, -0.25) is 0 Å². The minimum atomic E-state index is 0.707. The molecule has 130 valence electrons. The van der Waals surface area contributed by atoms with E-state index in [4.69, 9.17) is 4.74 Å². The Balaban J connectivity index is 1.30. The molecule has 0 aliphatic carbocycles. The normalized spacial score (nSPS) is 15.5. The van der Waals surface area contributed by atoms with Crippen LogP contribution in [0.3, 0.4) is 0 Å². The number of hydrogen-bond donors (Lipinski definition) is 0. The second-order valence-electron chi connectivity index (χ2n) is 6.70. The number of ether oxygens (including phenoxy) is 1. The van der Waals surface area contributed by atoms with Crippen LogP contribution < -0.4 is 4.74 Å². The molecule has 3 nitrogen and oxygen atoms in total. The van der Waals surface area contributed by atoms with Gasteiger partial charge in [0.2, 0.25) is 0 Å². The van der Waals surface area contributed by atoms with Crippen molar-refractivity contribution in [2.24, 2.45) is 0 Å². The number of aromatic nitrogens is 1. The second-order valence-corrected chi connectivity index (χ2v) is 7.69. The van der Waals surface area contributed by atoms with Crippen molar-refractivity contribution < 1.29 is 4.74 Å². The number of aryl methyl sites for hydroxylation is 1. The summed E-state index contributed by atoms with van der Waals surface area (Å²) in [5.74, 6) is 0.860. The first-order chi connectivity index (χ1) is 12.4. The Morgan fingerprint density at radius 1 is 0.960 bits per heavy atom. The monoisotopic (exact) mass is 352 g/mol. The molecule has 1 aliphatic heterocycles. The first-order valence-electron chi connectivity index (χ1n) is 9.21. The van der Waals surface area contributed by atoms with Crippen molar-refractivity contribution in [3.8, 4) is 10.9 Å². The van der Waals surface area contributed by atoms with Crippen molar-refractivity contribution >= 4 is 21.6 Å². The Bertz CT molecular complexity index is 773. The van der Waals surface area contributed by atoms with E-state index in [9.17, 15) is 0 Å². The zero-order chi connectivity index (χ0) is 16.9. The molecular weight excluding hydrogens is 328 g/mol. The van der Waals surface area contributed by atoms with Crippen LogP contribution in [0.2, 0.25) is 0 Å². The standard InChI is InChI=1S/C21H24N2OS/c1-4-14-23(15-5-1)16-6-7-17-10-12-18(13-11-17)24-21-22-19-8-2-3-9-20(19)25-21/h2-3,8-13H,1,4-7,14-16H2. The molecule has 2 heterocycles. The average Bonchev–Trinajstić information content (AvgIpc) is 3.06. The number of rotatable bonds is 6. The summed E-state index contributed by atoms with van der Waals surface area (Å²) in [5.41, 5.74) is 2.38. The molecular formula is C21H24N2OS. The predicted octanol–water partition coefficient (Wildman–Crippen LogP) is 5.51. The van der Waals surface area contributed by atoms with Crippen LogP contribution in [-0.2, 0) is 6.42 Å². The highest BCUT2D eigenvalue weighted by Gasteiger charge is 2.09. The molecule has 2 aromatic carbocycles. The fourth-order valence-corrected chi connectivity index (χ4v) is 4.24. The summed E-state index contributed by atoms with van der Waals surface area (Å²) in [4.78, 5) is 7.13. The van der Waals surface area contributed by atoms with Crippen LogP contribution in [0, 0.1) is 0 Å². The van der Waals surface area contributed by atoms with E-state index in [1.165, 1.54) is 50.9 Å². The van der Waals surface area contributed by atoms with Crippen molar-refractivity contribution in [2.45, 2.75) is 32.1 Å². The summed E-state index contributed by atoms with van der Waals surface area (Å²) in [6.07, 6.45) is 6.53. The Morgan fingerprint density at radius 3 is 2.56 bits per heavy atom. The van der Waals surface area contributed by atoms with Crippen molar-refractivity contribution in [1.82, 2.24) is 9.88 Å². The van der Waals surface area contributed by atoms with Crippen molar-refractivity contribution in [3.05, 3.63) is 54.1 Å². The van der Waals surface area contributed by atoms with E-state index < -0.39 is 0 Å². The van der Waals surface area contributed by atoms with Crippen LogP contribution in [0.4, 0.5) is 0 Å². The van der Waals surface area contributed by atoms with E-state index >= 15 is 0 Å². The van der Waals surface area contributed by atoms with Crippen LogP contribution >= 0.6 is 11.3 Å². The summed E-state index contributed by atoms with van der Waals surface area (Å²) >= 11 is 1.59. The summed E-state index contributed by atoms with van der Waals surface area (Å²) < 4.78 is 7.08.